The van der Waals surface area contributed by atoms with E-state index < -0.39 is 11.4 Å². The van der Waals surface area contributed by atoms with Gasteiger partial charge in [-0.2, -0.15) is 0 Å². The number of hydrogen-bond acceptors (Lipinski definition) is 3. The number of hydrogen-bond donors (Lipinski definition) is 1. The van der Waals surface area contributed by atoms with Gasteiger partial charge in [0, 0.05) is 0 Å². The quantitative estimate of drug-likeness (QED) is 0.845. The molecule has 4 nitrogen and oxygen atoms in total. The largest absolute Gasteiger partial charge is 0.490 e. The van der Waals surface area contributed by atoms with Crippen LogP contribution < -0.4 is 9.47 Å². The van der Waals surface area contributed by atoms with Gasteiger partial charge in [0.2, 0.25) is 0 Å². The lowest BCUT2D eigenvalue weighted by molar-refractivity contribution is -0.140. The van der Waals surface area contributed by atoms with E-state index in [1.165, 1.54) is 0 Å². The van der Waals surface area contributed by atoms with Crippen molar-refractivity contribution in [2.45, 2.75) is 31.8 Å². The van der Waals surface area contributed by atoms with Gasteiger partial charge in [-0.3, -0.25) is 4.79 Å². The summed E-state index contributed by atoms with van der Waals surface area (Å²) in [6.07, 6.45) is 1.36. The van der Waals surface area contributed by atoms with Gasteiger partial charge in [0.25, 0.3) is 0 Å². The predicted octanol–water partition coefficient (Wildman–Crippen LogP) is 3.78. The molecule has 0 radical (unpaired) electrons. The third kappa shape index (κ3) is 3.16. The average molecular weight is 312 g/mol. The van der Waals surface area contributed by atoms with E-state index in [9.17, 15) is 9.90 Å². The molecule has 1 aliphatic carbocycles. The van der Waals surface area contributed by atoms with E-state index in [1.54, 1.807) is 0 Å². The summed E-state index contributed by atoms with van der Waals surface area (Å²) in [6, 6.07) is 15.4. The van der Waals surface area contributed by atoms with Crippen LogP contribution in [0.1, 0.15) is 30.9 Å². The molecule has 0 atom stereocenters. The molecule has 0 aliphatic heterocycles. The number of ether oxygens (including phenoxy) is 2. The highest BCUT2D eigenvalue weighted by Gasteiger charge is 2.52. The lowest BCUT2D eigenvalue weighted by Gasteiger charge is -2.16. The highest BCUT2D eigenvalue weighted by molar-refractivity contribution is 5.85. The topological polar surface area (TPSA) is 55.8 Å². The monoisotopic (exact) mass is 312 g/mol. The highest BCUT2D eigenvalue weighted by atomic mass is 16.5. The Hall–Kier alpha value is -2.49. The number of aliphatic carboxylic acids is 1. The van der Waals surface area contributed by atoms with Gasteiger partial charge in [-0.15, -0.1) is 0 Å². The SMILES string of the molecule is CCOc1cc(C2(C(=O)O)CC2)ccc1OCc1ccccc1. The Balaban J connectivity index is 1.81. The van der Waals surface area contributed by atoms with Gasteiger partial charge in [0.15, 0.2) is 11.5 Å². The molecule has 1 aliphatic rings. The van der Waals surface area contributed by atoms with Crippen molar-refractivity contribution >= 4 is 5.97 Å². The van der Waals surface area contributed by atoms with Crippen molar-refractivity contribution in [3.8, 4) is 11.5 Å². The van der Waals surface area contributed by atoms with Crippen LogP contribution in [0.15, 0.2) is 48.5 Å². The molecule has 1 N–H and O–H groups in total. The van der Waals surface area contributed by atoms with Gasteiger partial charge in [-0.05, 0) is 43.0 Å². The minimum absolute atomic E-state index is 0.449. The molecule has 4 heteroatoms. The second-order valence-corrected chi connectivity index (χ2v) is 5.76. The minimum Gasteiger partial charge on any atom is -0.490 e. The second kappa shape index (κ2) is 6.32. The smallest absolute Gasteiger partial charge is 0.314 e. The molecule has 23 heavy (non-hydrogen) atoms. The van der Waals surface area contributed by atoms with Gasteiger partial charge in [0.05, 0.1) is 12.0 Å². The summed E-state index contributed by atoms with van der Waals surface area (Å²) >= 11 is 0. The van der Waals surface area contributed by atoms with Crippen LogP contribution in [0.5, 0.6) is 11.5 Å². The van der Waals surface area contributed by atoms with Gasteiger partial charge in [-0.1, -0.05) is 36.4 Å². The summed E-state index contributed by atoms with van der Waals surface area (Å²) in [5.41, 5.74) is 1.13. The van der Waals surface area contributed by atoms with Crippen molar-refractivity contribution in [2.24, 2.45) is 0 Å². The Bertz CT molecular complexity index is 690. The van der Waals surface area contributed by atoms with Crippen molar-refractivity contribution in [3.05, 3.63) is 59.7 Å². The molecule has 0 bridgehead atoms. The Kier molecular flexibility index (Phi) is 4.24. The van der Waals surface area contributed by atoms with Crippen molar-refractivity contribution in [1.82, 2.24) is 0 Å². The Labute approximate surface area is 135 Å². The van der Waals surface area contributed by atoms with Crippen LogP contribution in [0.4, 0.5) is 0 Å². The maximum absolute atomic E-state index is 11.5. The summed E-state index contributed by atoms with van der Waals surface area (Å²) in [7, 11) is 0. The maximum Gasteiger partial charge on any atom is 0.314 e. The number of carboxylic acids is 1. The van der Waals surface area contributed by atoms with Crippen LogP contribution >= 0.6 is 0 Å². The molecular formula is C19H20O4. The molecule has 2 aromatic rings. The molecule has 0 aromatic heterocycles. The first-order valence-corrected chi connectivity index (χ1v) is 7.83. The maximum atomic E-state index is 11.5. The molecule has 2 aromatic carbocycles. The fourth-order valence-corrected chi connectivity index (χ4v) is 2.68. The first-order valence-electron chi connectivity index (χ1n) is 7.83. The standard InChI is InChI=1S/C19H20O4/c1-2-22-17-12-15(19(10-11-19)18(20)21)8-9-16(17)23-13-14-6-4-3-5-7-14/h3-9,12H,2,10-11,13H2,1H3,(H,20,21). The van der Waals surface area contributed by atoms with E-state index in [-0.39, 0.29) is 0 Å². The van der Waals surface area contributed by atoms with E-state index in [2.05, 4.69) is 0 Å². The van der Waals surface area contributed by atoms with E-state index in [0.717, 1.165) is 11.1 Å². The van der Waals surface area contributed by atoms with Gasteiger partial charge in [0.1, 0.15) is 6.61 Å². The zero-order valence-electron chi connectivity index (χ0n) is 13.1. The first kappa shape index (κ1) is 15.4. The first-order chi connectivity index (χ1) is 11.2. The highest BCUT2D eigenvalue weighted by Crippen LogP contribution is 2.50. The summed E-state index contributed by atoms with van der Waals surface area (Å²) in [5.74, 6) is 0.479. The summed E-state index contributed by atoms with van der Waals surface area (Å²) in [4.78, 5) is 11.5. The Morgan fingerprint density at radius 1 is 1.09 bits per heavy atom. The zero-order valence-corrected chi connectivity index (χ0v) is 13.1. The van der Waals surface area contributed by atoms with E-state index in [4.69, 9.17) is 9.47 Å². The van der Waals surface area contributed by atoms with Crippen LogP contribution in [0.2, 0.25) is 0 Å². The second-order valence-electron chi connectivity index (χ2n) is 5.76. The van der Waals surface area contributed by atoms with Crippen LogP contribution in [-0.4, -0.2) is 17.7 Å². The normalized spacial score (nSPS) is 15.0. The lowest BCUT2D eigenvalue weighted by atomic mass is 9.96. The van der Waals surface area contributed by atoms with Crippen LogP contribution in [0.3, 0.4) is 0 Å². The average Bonchev–Trinajstić information content (AvgIpc) is 3.37. The van der Waals surface area contributed by atoms with Crippen molar-refractivity contribution in [1.29, 1.82) is 0 Å². The third-order valence-electron chi connectivity index (χ3n) is 4.19. The van der Waals surface area contributed by atoms with Gasteiger partial charge < -0.3 is 14.6 Å². The molecule has 0 spiro atoms. The number of carboxylic acid groups (broad SMARTS) is 1. The van der Waals surface area contributed by atoms with Crippen LogP contribution in [-0.2, 0) is 16.8 Å². The fourth-order valence-electron chi connectivity index (χ4n) is 2.68. The molecule has 0 saturated heterocycles. The molecule has 0 heterocycles. The van der Waals surface area contributed by atoms with Crippen molar-refractivity contribution < 1.29 is 19.4 Å². The molecule has 1 saturated carbocycles. The van der Waals surface area contributed by atoms with Gasteiger partial charge in [-0.25, -0.2) is 0 Å². The predicted molar refractivity (Wildman–Crippen MR) is 86.9 cm³/mol. The Morgan fingerprint density at radius 3 is 2.43 bits per heavy atom. The molecule has 120 valence electrons. The summed E-state index contributed by atoms with van der Waals surface area (Å²) in [5, 5.41) is 9.43. The number of rotatable bonds is 7. The van der Waals surface area contributed by atoms with Gasteiger partial charge >= 0.3 is 5.97 Å². The number of carbonyl (C=O) groups is 1. The summed E-state index contributed by atoms with van der Waals surface area (Å²) in [6.45, 7) is 2.85. The molecule has 0 unspecified atom stereocenters. The van der Waals surface area contributed by atoms with E-state index in [0.29, 0.717) is 37.6 Å². The molecule has 1 fully saturated rings. The molecule has 0 amide bonds. The van der Waals surface area contributed by atoms with Crippen molar-refractivity contribution in [2.75, 3.05) is 6.61 Å². The fraction of sp³-hybridized carbons (Fsp3) is 0.316. The molecule has 3 rings (SSSR count). The summed E-state index contributed by atoms with van der Waals surface area (Å²) < 4.78 is 11.5. The minimum atomic E-state index is -0.766. The number of benzene rings is 2. The van der Waals surface area contributed by atoms with Crippen molar-refractivity contribution in [3.63, 3.8) is 0 Å². The van der Waals surface area contributed by atoms with E-state index in [1.807, 2.05) is 55.5 Å². The van der Waals surface area contributed by atoms with Crippen LogP contribution in [0.25, 0.3) is 0 Å². The van der Waals surface area contributed by atoms with E-state index >= 15 is 0 Å². The third-order valence-corrected chi connectivity index (χ3v) is 4.19. The lowest BCUT2D eigenvalue weighted by Crippen LogP contribution is -2.19. The molecular weight excluding hydrogens is 292 g/mol. The Morgan fingerprint density at radius 2 is 1.83 bits per heavy atom. The van der Waals surface area contributed by atoms with Crippen LogP contribution in [0, 0.1) is 0 Å². The zero-order chi connectivity index (χ0) is 16.3.